The van der Waals surface area contributed by atoms with Crippen LogP contribution in [0.1, 0.15) is 31.0 Å². The van der Waals surface area contributed by atoms with Crippen molar-refractivity contribution in [2.75, 3.05) is 6.54 Å². The smallest absolute Gasteiger partial charge is 0.0666 e. The van der Waals surface area contributed by atoms with Gasteiger partial charge in [-0.2, -0.15) is 5.26 Å². The van der Waals surface area contributed by atoms with Crippen LogP contribution in [-0.4, -0.2) is 6.54 Å². The summed E-state index contributed by atoms with van der Waals surface area (Å²) in [6.07, 6.45) is 0. The molecule has 0 heterocycles. The van der Waals surface area contributed by atoms with Gasteiger partial charge in [0.2, 0.25) is 0 Å². The Balaban J connectivity index is 2.54. The van der Waals surface area contributed by atoms with Crippen molar-refractivity contribution in [3.63, 3.8) is 0 Å². The van der Waals surface area contributed by atoms with Gasteiger partial charge in [0.15, 0.2) is 0 Å². The fourth-order valence-corrected chi connectivity index (χ4v) is 1.46. The summed E-state index contributed by atoms with van der Waals surface area (Å²) < 4.78 is 0. The van der Waals surface area contributed by atoms with Crippen LogP contribution in [0, 0.1) is 24.2 Å². The molecule has 15 heavy (non-hydrogen) atoms. The Morgan fingerprint density at radius 1 is 1.40 bits per heavy atom. The van der Waals surface area contributed by atoms with Gasteiger partial charge in [-0.25, -0.2) is 0 Å². The second kappa shape index (κ2) is 5.53. The highest BCUT2D eigenvalue weighted by Crippen LogP contribution is 2.13. The monoisotopic (exact) mass is 202 g/mol. The molecule has 0 aromatic heterocycles. The first kappa shape index (κ1) is 11.7. The van der Waals surface area contributed by atoms with E-state index in [1.165, 1.54) is 11.1 Å². The van der Waals surface area contributed by atoms with Crippen LogP contribution in [0.4, 0.5) is 0 Å². The van der Waals surface area contributed by atoms with Crippen molar-refractivity contribution in [2.24, 2.45) is 5.92 Å². The van der Waals surface area contributed by atoms with Gasteiger partial charge in [-0.05, 0) is 26.3 Å². The third kappa shape index (κ3) is 3.73. The van der Waals surface area contributed by atoms with Gasteiger partial charge < -0.3 is 5.32 Å². The predicted molar refractivity (Wildman–Crippen MR) is 62.4 cm³/mol. The van der Waals surface area contributed by atoms with Gasteiger partial charge in [-0.1, -0.05) is 29.8 Å². The zero-order chi connectivity index (χ0) is 11.3. The Kier molecular flexibility index (Phi) is 4.33. The van der Waals surface area contributed by atoms with E-state index in [9.17, 15) is 0 Å². The number of nitrogens with one attached hydrogen (secondary N) is 1. The maximum atomic E-state index is 8.67. The van der Waals surface area contributed by atoms with E-state index in [-0.39, 0.29) is 5.92 Å². The van der Waals surface area contributed by atoms with E-state index in [4.69, 9.17) is 5.26 Å². The molecule has 0 bridgehead atoms. The number of hydrogen-bond donors (Lipinski definition) is 1. The predicted octanol–water partition coefficient (Wildman–Crippen LogP) is 2.81. The minimum atomic E-state index is 0.0669. The zero-order valence-corrected chi connectivity index (χ0v) is 9.62. The largest absolute Gasteiger partial charge is 0.309 e. The third-order valence-corrected chi connectivity index (χ3v) is 2.49. The van der Waals surface area contributed by atoms with Gasteiger partial charge in [0, 0.05) is 12.6 Å². The first-order valence-electron chi connectivity index (χ1n) is 5.33. The maximum Gasteiger partial charge on any atom is 0.0666 e. The molecule has 2 atom stereocenters. The Morgan fingerprint density at radius 2 is 2.13 bits per heavy atom. The van der Waals surface area contributed by atoms with Crippen LogP contribution in [-0.2, 0) is 0 Å². The standard InChI is InChI=1S/C13H18N2/c1-10-5-4-6-13(7-10)12(3)15-9-11(2)8-14/h4-7,11-12,15H,9H2,1-3H3/t11?,12-/m1/s1. The number of aryl methyl sites for hydroxylation is 1. The Morgan fingerprint density at radius 3 is 2.73 bits per heavy atom. The summed E-state index contributed by atoms with van der Waals surface area (Å²) in [5, 5.41) is 12.0. The van der Waals surface area contributed by atoms with Crippen LogP contribution in [0.5, 0.6) is 0 Å². The summed E-state index contributed by atoms with van der Waals surface area (Å²) in [6.45, 7) is 6.88. The topological polar surface area (TPSA) is 35.8 Å². The molecule has 1 aromatic carbocycles. The van der Waals surface area contributed by atoms with E-state index in [1.807, 2.05) is 6.92 Å². The highest BCUT2D eigenvalue weighted by atomic mass is 14.9. The van der Waals surface area contributed by atoms with E-state index in [1.54, 1.807) is 0 Å². The van der Waals surface area contributed by atoms with Crippen LogP contribution in [0.2, 0.25) is 0 Å². The molecule has 0 radical (unpaired) electrons. The molecule has 0 amide bonds. The maximum absolute atomic E-state index is 8.67. The van der Waals surface area contributed by atoms with Crippen molar-refractivity contribution >= 4 is 0 Å². The van der Waals surface area contributed by atoms with Gasteiger partial charge >= 0.3 is 0 Å². The lowest BCUT2D eigenvalue weighted by atomic mass is 10.1. The minimum absolute atomic E-state index is 0.0669. The molecule has 0 fully saturated rings. The Hall–Kier alpha value is -1.33. The summed E-state index contributed by atoms with van der Waals surface area (Å²) >= 11 is 0. The van der Waals surface area contributed by atoms with E-state index >= 15 is 0 Å². The van der Waals surface area contributed by atoms with Crippen molar-refractivity contribution in [3.05, 3.63) is 35.4 Å². The summed E-state index contributed by atoms with van der Waals surface area (Å²) in [7, 11) is 0. The first-order chi connectivity index (χ1) is 7.13. The first-order valence-corrected chi connectivity index (χ1v) is 5.33. The van der Waals surface area contributed by atoms with Gasteiger partial charge in [-0.15, -0.1) is 0 Å². The van der Waals surface area contributed by atoms with Crippen LogP contribution in [0.3, 0.4) is 0 Å². The van der Waals surface area contributed by atoms with Crippen LogP contribution >= 0.6 is 0 Å². The highest BCUT2D eigenvalue weighted by molar-refractivity contribution is 5.24. The third-order valence-electron chi connectivity index (χ3n) is 2.49. The van der Waals surface area contributed by atoms with Crippen molar-refractivity contribution in [1.82, 2.24) is 5.32 Å². The molecule has 0 spiro atoms. The molecule has 2 nitrogen and oxygen atoms in total. The fourth-order valence-electron chi connectivity index (χ4n) is 1.46. The second-order valence-electron chi connectivity index (χ2n) is 4.07. The van der Waals surface area contributed by atoms with Crippen LogP contribution < -0.4 is 5.32 Å². The molecule has 1 N–H and O–H groups in total. The van der Waals surface area contributed by atoms with Crippen LogP contribution in [0.25, 0.3) is 0 Å². The van der Waals surface area contributed by atoms with Gasteiger partial charge in [-0.3, -0.25) is 0 Å². The summed E-state index contributed by atoms with van der Waals surface area (Å²) in [4.78, 5) is 0. The molecule has 0 saturated carbocycles. The fraction of sp³-hybridized carbons (Fsp3) is 0.462. The zero-order valence-electron chi connectivity index (χ0n) is 9.62. The molecular formula is C13H18N2. The average molecular weight is 202 g/mol. The van der Waals surface area contributed by atoms with Crippen LogP contribution in [0.15, 0.2) is 24.3 Å². The van der Waals surface area contributed by atoms with Gasteiger partial charge in [0.25, 0.3) is 0 Å². The number of rotatable bonds is 4. The molecular weight excluding hydrogens is 184 g/mol. The SMILES string of the molecule is Cc1cccc([C@@H](C)NCC(C)C#N)c1. The molecule has 0 aliphatic heterocycles. The molecule has 2 heteroatoms. The molecule has 0 aliphatic rings. The number of hydrogen-bond acceptors (Lipinski definition) is 2. The molecule has 0 saturated heterocycles. The van der Waals surface area contributed by atoms with E-state index < -0.39 is 0 Å². The normalized spacial score (nSPS) is 14.3. The number of nitrogens with zero attached hydrogens (tertiary/aromatic N) is 1. The lowest BCUT2D eigenvalue weighted by molar-refractivity contribution is 0.527. The molecule has 1 rings (SSSR count). The lowest BCUT2D eigenvalue weighted by Crippen LogP contribution is -2.23. The summed E-state index contributed by atoms with van der Waals surface area (Å²) in [6, 6.07) is 11.0. The van der Waals surface area contributed by atoms with Crippen molar-refractivity contribution in [1.29, 1.82) is 5.26 Å². The van der Waals surface area contributed by atoms with Crippen molar-refractivity contribution < 1.29 is 0 Å². The number of nitriles is 1. The Labute approximate surface area is 91.9 Å². The molecule has 80 valence electrons. The highest BCUT2D eigenvalue weighted by Gasteiger charge is 2.06. The van der Waals surface area contributed by atoms with Crippen molar-refractivity contribution in [2.45, 2.75) is 26.8 Å². The van der Waals surface area contributed by atoms with Crippen molar-refractivity contribution in [3.8, 4) is 6.07 Å². The number of benzene rings is 1. The van der Waals surface area contributed by atoms with Gasteiger partial charge in [0.1, 0.15) is 0 Å². The summed E-state index contributed by atoms with van der Waals surface area (Å²) in [5.41, 5.74) is 2.55. The average Bonchev–Trinajstić information content (AvgIpc) is 2.25. The second-order valence-corrected chi connectivity index (χ2v) is 4.07. The molecule has 1 aromatic rings. The molecule has 1 unspecified atom stereocenters. The van der Waals surface area contributed by atoms with E-state index in [0.29, 0.717) is 6.04 Å². The molecule has 0 aliphatic carbocycles. The quantitative estimate of drug-likeness (QED) is 0.815. The van der Waals surface area contributed by atoms with E-state index in [0.717, 1.165) is 6.54 Å². The van der Waals surface area contributed by atoms with E-state index in [2.05, 4.69) is 49.5 Å². The summed E-state index contributed by atoms with van der Waals surface area (Å²) in [5.74, 6) is 0.0669. The minimum Gasteiger partial charge on any atom is -0.309 e. The lowest BCUT2D eigenvalue weighted by Gasteiger charge is -2.15. The Bertz CT molecular complexity index is 352. The van der Waals surface area contributed by atoms with Gasteiger partial charge in [0.05, 0.1) is 12.0 Å².